The highest BCUT2D eigenvalue weighted by atomic mass is 16.5. The van der Waals surface area contributed by atoms with E-state index in [4.69, 9.17) is 9.84 Å². The number of hydrogen-bond acceptors (Lipinski definition) is 3. The third-order valence-corrected chi connectivity index (χ3v) is 3.52. The smallest absolute Gasteiger partial charge is 0.326 e. The summed E-state index contributed by atoms with van der Waals surface area (Å²) in [7, 11) is 0. The van der Waals surface area contributed by atoms with Crippen molar-refractivity contribution < 1.29 is 19.4 Å². The molecule has 0 bridgehead atoms. The summed E-state index contributed by atoms with van der Waals surface area (Å²) in [4.78, 5) is 24.7. The molecule has 5 heteroatoms. The maximum Gasteiger partial charge on any atom is 0.326 e. The highest BCUT2D eigenvalue weighted by molar-refractivity contribution is 5.84. The quantitative estimate of drug-likeness (QED) is 0.706. The van der Waals surface area contributed by atoms with Crippen LogP contribution in [0.5, 0.6) is 0 Å². The Morgan fingerprint density at radius 2 is 1.85 bits per heavy atom. The molecule has 1 rings (SSSR count). The van der Waals surface area contributed by atoms with Gasteiger partial charge in [0.1, 0.15) is 6.04 Å². The third-order valence-electron chi connectivity index (χ3n) is 3.52. The van der Waals surface area contributed by atoms with Gasteiger partial charge in [-0.15, -0.1) is 0 Å². The maximum absolute atomic E-state index is 12.2. The molecule has 0 heterocycles. The van der Waals surface area contributed by atoms with Gasteiger partial charge in [-0.2, -0.15) is 0 Å². The Balaban J connectivity index is 2.37. The van der Waals surface area contributed by atoms with E-state index in [9.17, 15) is 9.59 Å². The van der Waals surface area contributed by atoms with Crippen LogP contribution >= 0.6 is 0 Å². The van der Waals surface area contributed by atoms with Gasteiger partial charge in [-0.1, -0.05) is 13.8 Å². The van der Waals surface area contributed by atoms with Gasteiger partial charge in [-0.3, -0.25) is 4.79 Å². The van der Waals surface area contributed by atoms with E-state index in [1.807, 2.05) is 6.92 Å². The predicted octanol–water partition coefficient (Wildman–Crippen LogP) is 2.29. The van der Waals surface area contributed by atoms with E-state index in [0.29, 0.717) is 12.5 Å². The van der Waals surface area contributed by atoms with Crippen molar-refractivity contribution in [1.29, 1.82) is 0 Å². The molecule has 1 aliphatic carbocycles. The molecule has 0 aromatic rings. The Morgan fingerprint density at radius 1 is 1.25 bits per heavy atom. The van der Waals surface area contributed by atoms with Gasteiger partial charge in [-0.25, -0.2) is 4.79 Å². The van der Waals surface area contributed by atoms with E-state index in [-0.39, 0.29) is 24.5 Å². The number of carboxylic acid groups (broad SMARTS) is 1. The zero-order chi connectivity index (χ0) is 15.3. The lowest BCUT2D eigenvalue weighted by Crippen LogP contribution is -2.45. The van der Waals surface area contributed by atoms with Crippen LogP contribution in [0.25, 0.3) is 0 Å². The van der Waals surface area contributed by atoms with Gasteiger partial charge in [0.2, 0.25) is 5.91 Å². The first-order valence-corrected chi connectivity index (χ1v) is 7.48. The van der Waals surface area contributed by atoms with Crippen molar-refractivity contribution in [2.24, 2.45) is 5.92 Å². The van der Waals surface area contributed by atoms with Crippen LogP contribution in [0, 0.1) is 5.92 Å². The minimum absolute atomic E-state index is 0.112. The van der Waals surface area contributed by atoms with Crippen LogP contribution in [0.3, 0.4) is 0 Å². The van der Waals surface area contributed by atoms with Crippen LogP contribution in [0.1, 0.15) is 53.4 Å². The molecular weight excluding hydrogens is 258 g/mol. The van der Waals surface area contributed by atoms with Gasteiger partial charge in [0.25, 0.3) is 0 Å². The summed E-state index contributed by atoms with van der Waals surface area (Å²) in [5.41, 5.74) is 0. The molecule has 0 radical (unpaired) electrons. The van der Waals surface area contributed by atoms with E-state index >= 15 is 0 Å². The second-order valence-corrected chi connectivity index (χ2v) is 6.11. The molecule has 1 aliphatic rings. The Bertz CT molecular complexity index is 339. The highest BCUT2D eigenvalue weighted by Crippen LogP contribution is 2.29. The predicted molar refractivity (Wildman–Crippen MR) is 76.5 cm³/mol. The molecule has 2 atom stereocenters. The van der Waals surface area contributed by atoms with Gasteiger partial charge in [0.05, 0.1) is 19.1 Å². The maximum atomic E-state index is 12.2. The lowest BCUT2D eigenvalue weighted by molar-refractivity contribution is -0.150. The zero-order valence-electron chi connectivity index (χ0n) is 13.0. The van der Waals surface area contributed by atoms with Gasteiger partial charge >= 0.3 is 5.97 Å². The fraction of sp³-hybridized carbons (Fsp3) is 0.867. The summed E-state index contributed by atoms with van der Waals surface area (Å²) in [5.74, 6) is -0.491. The van der Waals surface area contributed by atoms with Crippen LogP contribution in [0.4, 0.5) is 0 Å². The van der Waals surface area contributed by atoms with Gasteiger partial charge in [0.15, 0.2) is 0 Å². The summed E-state index contributed by atoms with van der Waals surface area (Å²) >= 11 is 0. The Labute approximate surface area is 121 Å². The normalized spacial score (nSPS) is 17.9. The number of hydrogen-bond donors (Lipinski definition) is 1. The topological polar surface area (TPSA) is 66.8 Å². The Morgan fingerprint density at radius 3 is 2.30 bits per heavy atom. The molecule has 1 amide bonds. The van der Waals surface area contributed by atoms with Crippen LogP contribution in [0.15, 0.2) is 0 Å². The van der Waals surface area contributed by atoms with E-state index in [1.54, 1.807) is 6.92 Å². The zero-order valence-corrected chi connectivity index (χ0v) is 13.0. The standard InChI is InChI=1S/C15H27NO4/c1-10(2)9-11(3)20-8-7-14(17)16(13-5-6-13)12(4)15(18)19/h10-13H,5-9H2,1-4H3,(H,18,19). The molecule has 1 fully saturated rings. The van der Waals surface area contributed by atoms with Crippen LogP contribution in [-0.2, 0) is 14.3 Å². The molecule has 0 aromatic heterocycles. The summed E-state index contributed by atoms with van der Waals surface area (Å²) in [6.45, 7) is 8.20. The van der Waals surface area contributed by atoms with Crippen LogP contribution in [-0.4, -0.2) is 46.7 Å². The molecule has 116 valence electrons. The van der Waals surface area contributed by atoms with Gasteiger partial charge in [-0.05, 0) is 39.0 Å². The van der Waals surface area contributed by atoms with Crippen molar-refractivity contribution in [3.05, 3.63) is 0 Å². The average Bonchev–Trinajstić information content (AvgIpc) is 3.12. The van der Waals surface area contributed by atoms with Crippen molar-refractivity contribution in [3.8, 4) is 0 Å². The second-order valence-electron chi connectivity index (χ2n) is 6.11. The van der Waals surface area contributed by atoms with Crippen molar-refractivity contribution in [1.82, 2.24) is 4.90 Å². The van der Waals surface area contributed by atoms with E-state index in [1.165, 1.54) is 4.90 Å². The molecule has 2 unspecified atom stereocenters. The largest absolute Gasteiger partial charge is 0.480 e. The summed E-state index contributed by atoms with van der Waals surface area (Å²) in [6.07, 6.45) is 3.18. The Kier molecular flexibility index (Phi) is 6.46. The molecule has 0 spiro atoms. The summed E-state index contributed by atoms with van der Waals surface area (Å²) < 4.78 is 5.62. The molecule has 0 aromatic carbocycles. The van der Waals surface area contributed by atoms with Crippen LogP contribution in [0.2, 0.25) is 0 Å². The minimum Gasteiger partial charge on any atom is -0.480 e. The lowest BCUT2D eigenvalue weighted by atomic mass is 10.1. The van der Waals surface area contributed by atoms with Crippen molar-refractivity contribution in [2.45, 2.75) is 71.6 Å². The van der Waals surface area contributed by atoms with Gasteiger partial charge in [0, 0.05) is 6.04 Å². The number of carboxylic acids is 1. The number of rotatable bonds is 9. The summed E-state index contributed by atoms with van der Waals surface area (Å²) in [6, 6.07) is -0.634. The fourth-order valence-electron chi connectivity index (χ4n) is 2.42. The average molecular weight is 285 g/mol. The Hall–Kier alpha value is -1.10. The number of aliphatic carboxylic acids is 1. The molecule has 0 aliphatic heterocycles. The molecule has 5 nitrogen and oxygen atoms in total. The first kappa shape index (κ1) is 17.0. The molecule has 20 heavy (non-hydrogen) atoms. The molecule has 1 saturated carbocycles. The SMILES string of the molecule is CC(C)CC(C)OCCC(=O)N(C1CC1)C(C)C(=O)O. The first-order valence-electron chi connectivity index (χ1n) is 7.48. The van der Waals surface area contributed by atoms with Crippen molar-refractivity contribution >= 4 is 11.9 Å². The van der Waals surface area contributed by atoms with Crippen molar-refractivity contribution in [2.75, 3.05) is 6.61 Å². The molecule has 1 N–H and O–H groups in total. The number of nitrogens with zero attached hydrogens (tertiary/aromatic N) is 1. The van der Waals surface area contributed by atoms with Crippen LogP contribution < -0.4 is 0 Å². The fourth-order valence-corrected chi connectivity index (χ4v) is 2.42. The lowest BCUT2D eigenvalue weighted by Gasteiger charge is -2.26. The second kappa shape index (κ2) is 7.62. The van der Waals surface area contributed by atoms with Gasteiger partial charge < -0.3 is 14.7 Å². The van der Waals surface area contributed by atoms with Crippen molar-refractivity contribution in [3.63, 3.8) is 0 Å². The number of ether oxygens (including phenoxy) is 1. The number of carbonyl (C=O) groups is 2. The summed E-state index contributed by atoms with van der Waals surface area (Å²) in [5, 5.41) is 9.07. The van der Waals surface area contributed by atoms with E-state index in [0.717, 1.165) is 19.3 Å². The van der Waals surface area contributed by atoms with E-state index < -0.39 is 12.0 Å². The minimum atomic E-state index is -0.945. The third kappa shape index (κ3) is 5.49. The molecular formula is C15H27NO4. The number of carbonyl (C=O) groups excluding carboxylic acids is 1. The number of amides is 1. The first-order chi connectivity index (χ1) is 9.32. The van der Waals surface area contributed by atoms with E-state index in [2.05, 4.69) is 13.8 Å². The highest BCUT2D eigenvalue weighted by Gasteiger charge is 2.37. The monoisotopic (exact) mass is 285 g/mol. The molecule has 0 saturated heterocycles.